The topological polar surface area (TPSA) is 4.93 Å². The molecular formula is C21H22Cl3N2+. The summed E-state index contributed by atoms with van der Waals surface area (Å²) in [7, 11) is 6.57. The maximum atomic E-state index is 6.53. The van der Waals surface area contributed by atoms with Gasteiger partial charge in [-0.2, -0.15) is 0 Å². The molecule has 0 unspecified atom stereocenters. The Morgan fingerprint density at radius 2 is 1.46 bits per heavy atom. The van der Waals surface area contributed by atoms with Crippen molar-refractivity contribution in [1.29, 1.82) is 0 Å². The molecule has 0 spiro atoms. The molecule has 0 N–H and O–H groups in total. The fourth-order valence-corrected chi connectivity index (χ4v) is 3.75. The Balaban J connectivity index is 2.24. The largest absolute Gasteiger partial charge is 0.327 e. The van der Waals surface area contributed by atoms with Crippen LogP contribution >= 0.6 is 34.8 Å². The first-order valence-electron chi connectivity index (χ1n) is 8.39. The number of aromatic nitrogens is 1. The van der Waals surface area contributed by atoms with E-state index in [0.717, 1.165) is 33.0 Å². The fraction of sp³-hybridized carbons (Fsp3) is 0.238. The van der Waals surface area contributed by atoms with E-state index < -0.39 is 0 Å². The second-order valence-electron chi connectivity index (χ2n) is 7.53. The van der Waals surface area contributed by atoms with Crippen LogP contribution in [0.3, 0.4) is 0 Å². The van der Waals surface area contributed by atoms with Gasteiger partial charge in [0, 0.05) is 21.3 Å². The second-order valence-corrected chi connectivity index (χ2v) is 8.81. The molecule has 3 aromatic rings. The molecule has 3 rings (SSSR count). The number of hydrogen-bond acceptors (Lipinski definition) is 0. The number of halogens is 3. The predicted molar refractivity (Wildman–Crippen MR) is 113 cm³/mol. The number of benzene rings is 2. The van der Waals surface area contributed by atoms with Gasteiger partial charge in [0.1, 0.15) is 6.54 Å². The van der Waals surface area contributed by atoms with Crippen molar-refractivity contribution >= 4 is 34.8 Å². The average Bonchev–Trinajstić information content (AvgIpc) is 2.83. The monoisotopic (exact) mass is 407 g/mol. The summed E-state index contributed by atoms with van der Waals surface area (Å²) in [5.74, 6) is 0. The quantitative estimate of drug-likeness (QED) is 0.427. The van der Waals surface area contributed by atoms with Gasteiger partial charge in [0.15, 0.2) is 0 Å². The molecule has 0 aliphatic heterocycles. The Morgan fingerprint density at radius 1 is 0.846 bits per heavy atom. The minimum atomic E-state index is 0.628. The molecule has 2 aromatic carbocycles. The van der Waals surface area contributed by atoms with E-state index >= 15 is 0 Å². The van der Waals surface area contributed by atoms with Crippen molar-refractivity contribution in [3.8, 4) is 16.9 Å². The molecule has 0 amide bonds. The fourth-order valence-electron chi connectivity index (χ4n) is 3.14. The van der Waals surface area contributed by atoms with Gasteiger partial charge in [-0.05, 0) is 48.9 Å². The van der Waals surface area contributed by atoms with Crippen molar-refractivity contribution in [3.63, 3.8) is 0 Å². The van der Waals surface area contributed by atoms with Crippen LogP contribution in [0.2, 0.25) is 15.1 Å². The molecule has 0 atom stereocenters. The van der Waals surface area contributed by atoms with E-state index in [1.807, 2.05) is 36.4 Å². The van der Waals surface area contributed by atoms with Gasteiger partial charge in [-0.25, -0.2) is 0 Å². The van der Waals surface area contributed by atoms with E-state index in [1.165, 1.54) is 11.3 Å². The highest BCUT2D eigenvalue weighted by Crippen LogP contribution is 2.34. The molecule has 0 radical (unpaired) electrons. The summed E-state index contributed by atoms with van der Waals surface area (Å²) in [4.78, 5) is 0. The van der Waals surface area contributed by atoms with Gasteiger partial charge in [0.25, 0.3) is 0 Å². The minimum Gasteiger partial charge on any atom is -0.327 e. The highest BCUT2D eigenvalue weighted by Gasteiger charge is 2.20. The van der Waals surface area contributed by atoms with Crippen LogP contribution in [0, 0.1) is 6.92 Å². The van der Waals surface area contributed by atoms with Gasteiger partial charge in [0.05, 0.1) is 37.5 Å². The number of rotatable bonds is 4. The van der Waals surface area contributed by atoms with Gasteiger partial charge >= 0.3 is 0 Å². The predicted octanol–water partition coefficient (Wildman–Crippen LogP) is 6.62. The zero-order valence-electron chi connectivity index (χ0n) is 15.4. The summed E-state index contributed by atoms with van der Waals surface area (Å²) in [5, 5.41) is 1.98. The van der Waals surface area contributed by atoms with Crippen molar-refractivity contribution < 1.29 is 4.48 Å². The Kier molecular flexibility index (Phi) is 5.41. The van der Waals surface area contributed by atoms with Crippen LogP contribution in [-0.2, 0) is 6.54 Å². The van der Waals surface area contributed by atoms with Crippen molar-refractivity contribution in [2.24, 2.45) is 0 Å². The van der Waals surface area contributed by atoms with Crippen molar-refractivity contribution in [2.75, 3.05) is 21.1 Å². The standard InChI is InChI=1S/C21H22Cl3N2/c1-14-16(13-26(2,3)4)11-21(15-5-7-17(22)8-6-15)25(14)20-10-9-18(23)12-19(20)24/h5-12H,13H2,1-4H3/q+1. The number of quaternary nitrogens is 1. The first kappa shape index (κ1) is 19.3. The molecule has 0 bridgehead atoms. The van der Waals surface area contributed by atoms with E-state index in [2.05, 4.69) is 38.7 Å². The van der Waals surface area contributed by atoms with Crippen LogP contribution < -0.4 is 0 Å². The molecule has 136 valence electrons. The molecule has 2 nitrogen and oxygen atoms in total. The van der Waals surface area contributed by atoms with E-state index in [1.54, 1.807) is 6.07 Å². The van der Waals surface area contributed by atoms with Crippen molar-refractivity contribution in [1.82, 2.24) is 4.57 Å². The molecular weight excluding hydrogens is 387 g/mol. The molecule has 0 saturated heterocycles. The molecule has 5 heteroatoms. The van der Waals surface area contributed by atoms with Gasteiger partial charge < -0.3 is 9.05 Å². The van der Waals surface area contributed by atoms with Crippen LogP contribution in [0.25, 0.3) is 16.9 Å². The van der Waals surface area contributed by atoms with E-state index in [9.17, 15) is 0 Å². The average molecular weight is 409 g/mol. The molecule has 0 aliphatic rings. The van der Waals surface area contributed by atoms with E-state index in [0.29, 0.717) is 10.0 Å². The van der Waals surface area contributed by atoms with Crippen molar-refractivity contribution in [3.05, 3.63) is 74.9 Å². The lowest BCUT2D eigenvalue weighted by Crippen LogP contribution is -2.33. The first-order chi connectivity index (χ1) is 12.2. The Labute approximate surface area is 170 Å². The third-order valence-corrected chi connectivity index (χ3v) is 5.08. The summed E-state index contributed by atoms with van der Waals surface area (Å²) < 4.78 is 3.05. The zero-order chi connectivity index (χ0) is 19.1. The van der Waals surface area contributed by atoms with E-state index in [4.69, 9.17) is 34.8 Å². The van der Waals surface area contributed by atoms with Crippen LogP contribution in [0.5, 0.6) is 0 Å². The second kappa shape index (κ2) is 7.28. The lowest BCUT2D eigenvalue weighted by atomic mass is 10.1. The van der Waals surface area contributed by atoms with Gasteiger partial charge in [-0.15, -0.1) is 0 Å². The molecule has 0 saturated carbocycles. The molecule has 0 fully saturated rings. The highest BCUT2D eigenvalue weighted by molar-refractivity contribution is 6.35. The Hall–Kier alpha value is -1.45. The van der Waals surface area contributed by atoms with Crippen LogP contribution in [-0.4, -0.2) is 30.2 Å². The van der Waals surface area contributed by atoms with Crippen molar-refractivity contribution in [2.45, 2.75) is 13.5 Å². The SMILES string of the molecule is Cc1c(C[N+](C)(C)C)cc(-c2ccc(Cl)cc2)n1-c1ccc(Cl)cc1Cl. The summed E-state index contributed by atoms with van der Waals surface area (Å²) in [5.41, 5.74) is 5.56. The molecule has 1 aromatic heterocycles. The summed E-state index contributed by atoms with van der Waals surface area (Å²) in [6.45, 7) is 3.06. The highest BCUT2D eigenvalue weighted by atomic mass is 35.5. The first-order valence-corrected chi connectivity index (χ1v) is 9.52. The van der Waals surface area contributed by atoms with Gasteiger partial charge in [-0.3, -0.25) is 0 Å². The van der Waals surface area contributed by atoms with Crippen LogP contribution in [0.4, 0.5) is 0 Å². The van der Waals surface area contributed by atoms with E-state index in [-0.39, 0.29) is 0 Å². The molecule has 26 heavy (non-hydrogen) atoms. The molecule has 1 heterocycles. The van der Waals surface area contributed by atoms with Crippen LogP contribution in [0.15, 0.2) is 48.5 Å². The lowest BCUT2D eigenvalue weighted by Gasteiger charge is -2.24. The summed E-state index contributed by atoms with van der Waals surface area (Å²) >= 11 is 18.7. The Bertz CT molecular complexity index is 935. The van der Waals surface area contributed by atoms with Gasteiger partial charge in [0.2, 0.25) is 0 Å². The normalized spacial score (nSPS) is 11.8. The van der Waals surface area contributed by atoms with Gasteiger partial charge in [-0.1, -0.05) is 46.9 Å². The number of hydrogen-bond donors (Lipinski definition) is 0. The van der Waals surface area contributed by atoms with Crippen LogP contribution in [0.1, 0.15) is 11.3 Å². The zero-order valence-corrected chi connectivity index (χ0v) is 17.6. The smallest absolute Gasteiger partial charge is 0.106 e. The Morgan fingerprint density at radius 3 is 2.04 bits per heavy atom. The minimum absolute atomic E-state index is 0.628. The number of nitrogens with zero attached hydrogens (tertiary/aromatic N) is 2. The third kappa shape index (κ3) is 4.10. The third-order valence-electron chi connectivity index (χ3n) is 4.29. The molecule has 0 aliphatic carbocycles. The summed E-state index contributed by atoms with van der Waals surface area (Å²) in [6, 6.07) is 15.7. The maximum Gasteiger partial charge on any atom is 0.106 e. The lowest BCUT2D eigenvalue weighted by molar-refractivity contribution is -0.884. The summed E-state index contributed by atoms with van der Waals surface area (Å²) in [6.07, 6.45) is 0. The maximum absolute atomic E-state index is 6.53.